The number of aromatic nitrogens is 2. The molecule has 3 aromatic rings. The van der Waals surface area contributed by atoms with E-state index in [1.165, 1.54) is 0 Å². The second-order valence-corrected chi connectivity index (χ2v) is 6.66. The van der Waals surface area contributed by atoms with Crippen LogP contribution in [0.4, 0.5) is 0 Å². The van der Waals surface area contributed by atoms with Gasteiger partial charge in [0.1, 0.15) is 6.33 Å². The Bertz CT molecular complexity index is 870. The van der Waals surface area contributed by atoms with E-state index in [1.54, 1.807) is 23.9 Å². The molecule has 6 heteroatoms. The Balaban J connectivity index is 1.62. The largest absolute Gasteiger partial charge is 0.459 e. The fourth-order valence-corrected chi connectivity index (χ4v) is 3.75. The molecule has 1 aliphatic rings. The molecule has 0 bridgehead atoms. The molecule has 0 radical (unpaired) electrons. The zero-order chi connectivity index (χ0) is 16.5. The number of aryl methyl sites for hydroxylation is 1. The molecule has 0 unspecified atom stereocenters. The summed E-state index contributed by atoms with van der Waals surface area (Å²) in [6.45, 7) is 3.19. The summed E-state index contributed by atoms with van der Waals surface area (Å²) in [5.74, 6) is 0.389. The third-order valence-electron chi connectivity index (χ3n) is 4.42. The first kappa shape index (κ1) is 15.1. The molecule has 5 nitrogen and oxygen atoms in total. The lowest BCUT2D eigenvalue weighted by atomic mass is 10.0. The average Bonchev–Trinajstić information content (AvgIpc) is 3.21. The number of carbonyl (C=O) groups is 1. The molecule has 3 aromatic heterocycles. The molecule has 0 saturated heterocycles. The van der Waals surface area contributed by atoms with Gasteiger partial charge in [-0.15, -0.1) is 0 Å². The number of nitrogens with zero attached hydrogens (tertiary/aromatic N) is 3. The van der Waals surface area contributed by atoms with Crippen molar-refractivity contribution in [2.24, 2.45) is 0 Å². The maximum Gasteiger partial charge on any atom is 0.289 e. The van der Waals surface area contributed by atoms with Gasteiger partial charge in [0.15, 0.2) is 5.76 Å². The Kier molecular flexibility index (Phi) is 3.90. The molecule has 0 saturated carbocycles. The lowest BCUT2D eigenvalue weighted by Gasteiger charge is -2.19. The van der Waals surface area contributed by atoms with E-state index >= 15 is 0 Å². The van der Waals surface area contributed by atoms with Crippen molar-refractivity contribution in [2.75, 3.05) is 13.1 Å². The van der Waals surface area contributed by atoms with Gasteiger partial charge in [-0.2, -0.15) is 11.3 Å². The SMILES string of the molecule is Cc1ccoc1C(=O)N1CCc2ncnc(-c3ccsc3)c2CC1. The lowest BCUT2D eigenvalue weighted by Crippen LogP contribution is -2.33. The topological polar surface area (TPSA) is 59.2 Å². The first-order valence-electron chi connectivity index (χ1n) is 7.92. The van der Waals surface area contributed by atoms with Crippen LogP contribution in [-0.4, -0.2) is 33.9 Å². The van der Waals surface area contributed by atoms with Crippen LogP contribution in [0.5, 0.6) is 0 Å². The number of furan rings is 1. The van der Waals surface area contributed by atoms with Crippen LogP contribution in [0.2, 0.25) is 0 Å². The van der Waals surface area contributed by atoms with Gasteiger partial charge >= 0.3 is 0 Å². The van der Waals surface area contributed by atoms with E-state index in [1.807, 2.05) is 17.9 Å². The monoisotopic (exact) mass is 339 g/mol. The van der Waals surface area contributed by atoms with Crippen LogP contribution >= 0.6 is 11.3 Å². The third-order valence-corrected chi connectivity index (χ3v) is 5.11. The first-order chi connectivity index (χ1) is 11.7. The number of thiophene rings is 1. The van der Waals surface area contributed by atoms with Crippen molar-refractivity contribution in [3.63, 3.8) is 0 Å². The van der Waals surface area contributed by atoms with Crippen molar-refractivity contribution >= 4 is 17.2 Å². The highest BCUT2D eigenvalue weighted by Gasteiger charge is 2.25. The van der Waals surface area contributed by atoms with E-state index in [-0.39, 0.29) is 5.91 Å². The highest BCUT2D eigenvalue weighted by molar-refractivity contribution is 7.08. The normalized spacial score (nSPS) is 14.3. The molecule has 122 valence electrons. The Hall–Kier alpha value is -2.47. The number of fused-ring (bicyclic) bond motifs is 1. The van der Waals surface area contributed by atoms with Crippen molar-refractivity contribution < 1.29 is 9.21 Å². The van der Waals surface area contributed by atoms with E-state index in [2.05, 4.69) is 26.8 Å². The molecule has 24 heavy (non-hydrogen) atoms. The van der Waals surface area contributed by atoms with Crippen molar-refractivity contribution in [2.45, 2.75) is 19.8 Å². The molecule has 0 N–H and O–H groups in total. The zero-order valence-electron chi connectivity index (χ0n) is 13.4. The standard InChI is InChI=1S/C18H17N3O2S/c1-12-4-8-23-17(12)18(22)21-6-2-14-15(3-7-21)19-11-20-16(14)13-5-9-24-10-13/h4-5,8-11H,2-3,6-7H2,1H3. The fourth-order valence-electron chi connectivity index (χ4n) is 3.11. The van der Waals surface area contributed by atoms with E-state index < -0.39 is 0 Å². The molecule has 0 aromatic carbocycles. The fraction of sp³-hybridized carbons (Fsp3) is 0.278. The number of rotatable bonds is 2. The highest BCUT2D eigenvalue weighted by Crippen LogP contribution is 2.27. The molecule has 0 aliphatic carbocycles. The predicted octanol–water partition coefficient (Wildman–Crippen LogP) is 3.35. The molecular formula is C18H17N3O2S. The summed E-state index contributed by atoms with van der Waals surface area (Å²) in [4.78, 5) is 23.5. The summed E-state index contributed by atoms with van der Waals surface area (Å²) in [5, 5.41) is 4.15. The van der Waals surface area contributed by atoms with Gasteiger partial charge in [0.25, 0.3) is 5.91 Å². The summed E-state index contributed by atoms with van der Waals surface area (Å²) in [7, 11) is 0. The van der Waals surface area contributed by atoms with Gasteiger partial charge in [0, 0.05) is 47.3 Å². The van der Waals surface area contributed by atoms with Gasteiger partial charge in [-0.25, -0.2) is 9.97 Å². The average molecular weight is 339 g/mol. The molecule has 0 atom stereocenters. The maximum absolute atomic E-state index is 12.7. The van der Waals surface area contributed by atoms with Gasteiger partial charge in [-0.3, -0.25) is 4.79 Å². The molecule has 0 fully saturated rings. The second-order valence-electron chi connectivity index (χ2n) is 5.88. The summed E-state index contributed by atoms with van der Waals surface area (Å²) in [6.07, 6.45) is 4.68. The van der Waals surface area contributed by atoms with Crippen LogP contribution in [-0.2, 0) is 12.8 Å². The minimum Gasteiger partial charge on any atom is -0.459 e. The number of hydrogen-bond acceptors (Lipinski definition) is 5. The van der Waals surface area contributed by atoms with Crippen molar-refractivity contribution in [3.8, 4) is 11.3 Å². The van der Waals surface area contributed by atoms with Gasteiger partial charge < -0.3 is 9.32 Å². The van der Waals surface area contributed by atoms with E-state index in [9.17, 15) is 4.79 Å². The molecule has 1 amide bonds. The van der Waals surface area contributed by atoms with Gasteiger partial charge in [0.05, 0.1) is 12.0 Å². The Morgan fingerprint density at radius 3 is 2.88 bits per heavy atom. The quantitative estimate of drug-likeness (QED) is 0.718. The first-order valence-corrected chi connectivity index (χ1v) is 8.87. The smallest absolute Gasteiger partial charge is 0.289 e. The molecular weight excluding hydrogens is 322 g/mol. The lowest BCUT2D eigenvalue weighted by molar-refractivity contribution is 0.0730. The number of amides is 1. The summed E-state index contributed by atoms with van der Waals surface area (Å²) >= 11 is 1.66. The molecule has 4 rings (SSSR count). The minimum absolute atomic E-state index is 0.0460. The van der Waals surface area contributed by atoms with Gasteiger partial charge in [-0.1, -0.05) is 0 Å². The summed E-state index contributed by atoms with van der Waals surface area (Å²) in [6, 6.07) is 3.90. The third kappa shape index (κ3) is 2.63. The van der Waals surface area contributed by atoms with Crippen molar-refractivity contribution in [1.82, 2.24) is 14.9 Å². The number of hydrogen-bond donors (Lipinski definition) is 0. The molecule has 1 aliphatic heterocycles. The second kappa shape index (κ2) is 6.20. The van der Waals surface area contributed by atoms with Gasteiger partial charge in [0.2, 0.25) is 0 Å². The highest BCUT2D eigenvalue weighted by atomic mass is 32.1. The zero-order valence-corrected chi connectivity index (χ0v) is 14.2. The maximum atomic E-state index is 12.7. The van der Waals surface area contributed by atoms with Crippen LogP contribution < -0.4 is 0 Å². The van der Waals surface area contributed by atoms with Crippen molar-refractivity contribution in [3.05, 3.63) is 58.1 Å². The van der Waals surface area contributed by atoms with Crippen LogP contribution in [0.1, 0.15) is 27.4 Å². The van der Waals surface area contributed by atoms with E-state index in [0.717, 1.165) is 40.9 Å². The minimum atomic E-state index is -0.0460. The predicted molar refractivity (Wildman–Crippen MR) is 92.1 cm³/mol. The van der Waals surface area contributed by atoms with E-state index in [4.69, 9.17) is 4.42 Å². The molecule has 4 heterocycles. The van der Waals surface area contributed by atoms with Crippen LogP contribution in [0, 0.1) is 6.92 Å². The van der Waals surface area contributed by atoms with Crippen LogP contribution in [0.25, 0.3) is 11.3 Å². The summed E-state index contributed by atoms with van der Waals surface area (Å²) in [5.41, 5.74) is 5.19. The Morgan fingerprint density at radius 1 is 1.25 bits per heavy atom. The Labute approximate surface area is 144 Å². The summed E-state index contributed by atoms with van der Waals surface area (Å²) < 4.78 is 5.36. The van der Waals surface area contributed by atoms with Crippen molar-refractivity contribution in [1.29, 1.82) is 0 Å². The van der Waals surface area contributed by atoms with E-state index in [0.29, 0.717) is 18.8 Å². The number of carbonyl (C=O) groups excluding carboxylic acids is 1. The Morgan fingerprint density at radius 2 is 2.12 bits per heavy atom. The van der Waals surface area contributed by atoms with Crippen LogP contribution in [0.15, 0.2) is 39.9 Å². The van der Waals surface area contributed by atoms with Gasteiger partial charge in [-0.05, 0) is 30.9 Å². The molecule has 0 spiro atoms. The van der Waals surface area contributed by atoms with Crippen LogP contribution in [0.3, 0.4) is 0 Å².